The van der Waals surface area contributed by atoms with Crippen LogP contribution in [0.2, 0.25) is 0 Å². The highest BCUT2D eigenvalue weighted by molar-refractivity contribution is 6.03. The summed E-state index contributed by atoms with van der Waals surface area (Å²) < 4.78 is 0. The van der Waals surface area contributed by atoms with Crippen molar-refractivity contribution in [2.75, 3.05) is 26.7 Å². The lowest BCUT2D eigenvalue weighted by Gasteiger charge is -2.25. The SMILES string of the molecule is CNC(=O)C(CC(=O)N1CCCCCC1)CN1C(=O)CC(C)C1=O. The second-order valence-electron chi connectivity index (χ2n) is 6.76. The molecule has 0 bridgehead atoms. The van der Waals surface area contributed by atoms with E-state index in [2.05, 4.69) is 5.32 Å². The Kier molecular flexibility index (Phi) is 6.34. The van der Waals surface area contributed by atoms with Gasteiger partial charge in [0.2, 0.25) is 23.6 Å². The zero-order chi connectivity index (χ0) is 17.7. The van der Waals surface area contributed by atoms with Crippen LogP contribution in [-0.4, -0.2) is 60.1 Å². The summed E-state index contributed by atoms with van der Waals surface area (Å²) in [6.07, 6.45) is 4.42. The lowest BCUT2D eigenvalue weighted by Crippen LogP contribution is -2.43. The number of likely N-dealkylation sites (tertiary alicyclic amines) is 2. The number of amides is 4. The van der Waals surface area contributed by atoms with Crippen molar-refractivity contribution >= 4 is 23.6 Å². The Labute approximate surface area is 142 Å². The zero-order valence-corrected chi connectivity index (χ0v) is 14.5. The second-order valence-corrected chi connectivity index (χ2v) is 6.76. The molecule has 2 rings (SSSR count). The van der Waals surface area contributed by atoms with E-state index in [9.17, 15) is 19.2 Å². The van der Waals surface area contributed by atoms with Crippen LogP contribution < -0.4 is 5.32 Å². The largest absolute Gasteiger partial charge is 0.359 e. The molecular weight excluding hydrogens is 310 g/mol. The number of nitrogens with one attached hydrogen (secondary N) is 1. The van der Waals surface area contributed by atoms with Gasteiger partial charge in [0.25, 0.3) is 0 Å². The summed E-state index contributed by atoms with van der Waals surface area (Å²) in [5.74, 6) is -1.93. The minimum atomic E-state index is -0.691. The number of nitrogens with zero attached hydrogens (tertiary/aromatic N) is 2. The number of hydrogen-bond acceptors (Lipinski definition) is 4. The monoisotopic (exact) mass is 337 g/mol. The maximum absolute atomic E-state index is 12.5. The molecule has 0 aliphatic carbocycles. The maximum Gasteiger partial charge on any atom is 0.232 e. The Balaban J connectivity index is 2.02. The van der Waals surface area contributed by atoms with E-state index in [-0.39, 0.29) is 48.9 Å². The highest BCUT2D eigenvalue weighted by Gasteiger charge is 2.38. The fraction of sp³-hybridized carbons (Fsp3) is 0.765. The molecule has 4 amide bonds. The first kappa shape index (κ1) is 18.4. The van der Waals surface area contributed by atoms with Crippen molar-refractivity contribution in [2.45, 2.75) is 45.4 Å². The van der Waals surface area contributed by atoms with E-state index < -0.39 is 5.92 Å². The van der Waals surface area contributed by atoms with Crippen LogP contribution in [-0.2, 0) is 19.2 Å². The summed E-state index contributed by atoms with van der Waals surface area (Å²) in [7, 11) is 1.50. The third-order valence-corrected chi connectivity index (χ3v) is 4.87. The molecule has 2 heterocycles. The van der Waals surface area contributed by atoms with Gasteiger partial charge in [0.1, 0.15) is 0 Å². The average Bonchev–Trinajstić information content (AvgIpc) is 2.79. The molecule has 7 heteroatoms. The van der Waals surface area contributed by atoms with Gasteiger partial charge in [-0.25, -0.2) is 0 Å². The average molecular weight is 337 g/mol. The first-order valence-corrected chi connectivity index (χ1v) is 8.77. The lowest BCUT2D eigenvalue weighted by atomic mass is 10.0. The van der Waals surface area contributed by atoms with Crippen LogP contribution in [0.5, 0.6) is 0 Å². The van der Waals surface area contributed by atoms with Gasteiger partial charge in [0, 0.05) is 45.4 Å². The van der Waals surface area contributed by atoms with Crippen molar-refractivity contribution in [3.63, 3.8) is 0 Å². The molecule has 0 aromatic heterocycles. The standard InChI is InChI=1S/C17H27N3O4/c1-12-9-15(22)20(17(12)24)11-13(16(23)18-2)10-14(21)19-7-5-3-4-6-8-19/h12-13H,3-11H2,1-2H3,(H,18,23). The number of hydrogen-bond donors (Lipinski definition) is 1. The number of rotatable bonds is 5. The summed E-state index contributed by atoms with van der Waals surface area (Å²) in [5, 5.41) is 2.54. The van der Waals surface area contributed by atoms with Gasteiger partial charge in [-0.15, -0.1) is 0 Å². The maximum atomic E-state index is 12.5. The molecule has 2 saturated heterocycles. The highest BCUT2D eigenvalue weighted by atomic mass is 16.2. The quantitative estimate of drug-likeness (QED) is 0.742. The second kappa shape index (κ2) is 8.26. The molecule has 2 aliphatic heterocycles. The molecule has 7 nitrogen and oxygen atoms in total. The fourth-order valence-corrected chi connectivity index (χ4v) is 3.36. The van der Waals surface area contributed by atoms with Gasteiger partial charge in [0.15, 0.2) is 0 Å². The van der Waals surface area contributed by atoms with Crippen molar-refractivity contribution in [3.8, 4) is 0 Å². The molecule has 2 fully saturated rings. The van der Waals surface area contributed by atoms with Gasteiger partial charge in [0.05, 0.1) is 5.92 Å². The topological polar surface area (TPSA) is 86.8 Å². The molecule has 2 aliphatic rings. The fourth-order valence-electron chi connectivity index (χ4n) is 3.36. The molecule has 0 saturated carbocycles. The molecule has 0 aromatic carbocycles. The predicted octanol–water partition coefficient (Wildman–Crippen LogP) is 0.536. The molecule has 2 unspecified atom stereocenters. The van der Waals surface area contributed by atoms with E-state index in [4.69, 9.17) is 0 Å². The zero-order valence-electron chi connectivity index (χ0n) is 14.5. The Bertz CT molecular complexity index is 512. The van der Waals surface area contributed by atoms with E-state index >= 15 is 0 Å². The summed E-state index contributed by atoms with van der Waals surface area (Å²) in [4.78, 5) is 51.7. The van der Waals surface area contributed by atoms with Gasteiger partial charge in [-0.3, -0.25) is 24.1 Å². The van der Waals surface area contributed by atoms with E-state index in [1.807, 2.05) is 0 Å². The Morgan fingerprint density at radius 2 is 1.79 bits per heavy atom. The summed E-state index contributed by atoms with van der Waals surface area (Å²) in [6.45, 7) is 3.13. The minimum absolute atomic E-state index is 0.0126. The minimum Gasteiger partial charge on any atom is -0.359 e. The van der Waals surface area contributed by atoms with Crippen LogP contribution in [0.1, 0.15) is 45.4 Å². The molecule has 134 valence electrons. The first-order chi connectivity index (χ1) is 11.4. The third-order valence-electron chi connectivity index (χ3n) is 4.87. The van der Waals surface area contributed by atoms with Crippen molar-refractivity contribution < 1.29 is 19.2 Å². The Morgan fingerprint density at radius 3 is 2.29 bits per heavy atom. The lowest BCUT2D eigenvalue weighted by molar-refractivity contribution is -0.143. The number of imide groups is 1. The van der Waals surface area contributed by atoms with Crippen molar-refractivity contribution in [2.24, 2.45) is 11.8 Å². The molecule has 24 heavy (non-hydrogen) atoms. The van der Waals surface area contributed by atoms with Crippen LogP contribution in [0, 0.1) is 11.8 Å². The van der Waals surface area contributed by atoms with Gasteiger partial charge in [-0.2, -0.15) is 0 Å². The van der Waals surface area contributed by atoms with Gasteiger partial charge < -0.3 is 10.2 Å². The van der Waals surface area contributed by atoms with E-state index in [1.54, 1.807) is 11.8 Å². The first-order valence-electron chi connectivity index (χ1n) is 8.77. The molecule has 0 spiro atoms. The third kappa shape index (κ3) is 4.33. The summed E-state index contributed by atoms with van der Waals surface area (Å²) >= 11 is 0. The highest BCUT2D eigenvalue weighted by Crippen LogP contribution is 2.22. The van der Waals surface area contributed by atoms with Crippen LogP contribution in [0.25, 0.3) is 0 Å². The molecule has 2 atom stereocenters. The summed E-state index contributed by atoms with van der Waals surface area (Å²) in [6, 6.07) is 0. The van der Waals surface area contributed by atoms with Gasteiger partial charge in [-0.1, -0.05) is 19.8 Å². The number of carbonyl (C=O) groups excluding carboxylic acids is 4. The van der Waals surface area contributed by atoms with Crippen molar-refractivity contribution in [3.05, 3.63) is 0 Å². The molecule has 0 aromatic rings. The van der Waals surface area contributed by atoms with Crippen molar-refractivity contribution in [1.29, 1.82) is 0 Å². The number of carbonyl (C=O) groups is 4. The smallest absolute Gasteiger partial charge is 0.232 e. The van der Waals surface area contributed by atoms with E-state index in [0.717, 1.165) is 43.7 Å². The van der Waals surface area contributed by atoms with Gasteiger partial charge in [-0.05, 0) is 12.8 Å². The predicted molar refractivity (Wildman–Crippen MR) is 87.7 cm³/mol. The Morgan fingerprint density at radius 1 is 1.17 bits per heavy atom. The Hall–Kier alpha value is -1.92. The van der Waals surface area contributed by atoms with Crippen LogP contribution in [0.4, 0.5) is 0 Å². The van der Waals surface area contributed by atoms with Crippen LogP contribution in [0.15, 0.2) is 0 Å². The molecule has 1 N–H and O–H groups in total. The molecule has 0 radical (unpaired) electrons. The van der Waals surface area contributed by atoms with Crippen LogP contribution in [0.3, 0.4) is 0 Å². The van der Waals surface area contributed by atoms with Crippen molar-refractivity contribution in [1.82, 2.24) is 15.1 Å². The van der Waals surface area contributed by atoms with Crippen LogP contribution >= 0.6 is 0 Å². The molecular formula is C17H27N3O4. The van der Waals surface area contributed by atoms with Gasteiger partial charge >= 0.3 is 0 Å². The normalized spacial score (nSPS) is 23.2. The summed E-state index contributed by atoms with van der Waals surface area (Å²) in [5.41, 5.74) is 0. The van der Waals surface area contributed by atoms with E-state index in [0.29, 0.717) is 0 Å². The van der Waals surface area contributed by atoms with E-state index in [1.165, 1.54) is 7.05 Å².